The molecular formula is C13H22N2S. The van der Waals surface area contributed by atoms with Gasteiger partial charge in [-0.3, -0.25) is 0 Å². The zero-order valence-electron chi connectivity index (χ0n) is 10.3. The molecule has 3 heteroatoms. The zero-order chi connectivity index (χ0) is 11.4. The quantitative estimate of drug-likeness (QED) is 0.843. The van der Waals surface area contributed by atoms with E-state index in [0.717, 1.165) is 12.5 Å². The third-order valence-corrected chi connectivity index (χ3v) is 4.48. The molecule has 0 aromatic carbocycles. The first kappa shape index (κ1) is 12.1. The van der Waals surface area contributed by atoms with E-state index >= 15 is 0 Å². The van der Waals surface area contributed by atoms with Crippen molar-refractivity contribution in [3.63, 3.8) is 0 Å². The van der Waals surface area contributed by atoms with Crippen LogP contribution in [-0.4, -0.2) is 19.6 Å². The Hall–Kier alpha value is -0.380. The Morgan fingerprint density at radius 3 is 3.06 bits per heavy atom. The number of hydrogen-bond acceptors (Lipinski definition) is 3. The highest BCUT2D eigenvalue weighted by Gasteiger charge is 2.14. The maximum atomic E-state index is 3.65. The van der Waals surface area contributed by atoms with E-state index in [2.05, 4.69) is 36.6 Å². The number of aryl methyl sites for hydroxylation is 1. The monoisotopic (exact) mass is 238 g/mol. The fraction of sp³-hybridized carbons (Fsp3) is 0.692. The fourth-order valence-electron chi connectivity index (χ4n) is 2.23. The molecule has 0 bridgehead atoms. The van der Waals surface area contributed by atoms with E-state index in [4.69, 9.17) is 0 Å². The van der Waals surface area contributed by atoms with Crippen molar-refractivity contribution in [1.29, 1.82) is 0 Å². The molecule has 0 amide bonds. The molecule has 0 radical (unpaired) electrons. The summed E-state index contributed by atoms with van der Waals surface area (Å²) in [6.45, 7) is 7.97. The Labute approximate surface area is 102 Å². The highest BCUT2D eigenvalue weighted by molar-refractivity contribution is 7.12. The summed E-state index contributed by atoms with van der Waals surface area (Å²) in [5.74, 6) is 0.817. The molecule has 2 N–H and O–H groups in total. The van der Waals surface area contributed by atoms with Gasteiger partial charge in [0, 0.05) is 15.8 Å². The van der Waals surface area contributed by atoms with E-state index in [1.807, 2.05) is 11.3 Å². The molecule has 1 aromatic heterocycles. The molecule has 0 aliphatic carbocycles. The van der Waals surface area contributed by atoms with Crippen LogP contribution in [0.5, 0.6) is 0 Å². The van der Waals surface area contributed by atoms with Gasteiger partial charge in [-0.15, -0.1) is 11.3 Å². The second-order valence-corrected chi connectivity index (χ2v) is 6.11. The summed E-state index contributed by atoms with van der Waals surface area (Å²) in [5.41, 5.74) is 0. The third-order valence-electron chi connectivity index (χ3n) is 3.30. The van der Waals surface area contributed by atoms with Gasteiger partial charge in [0.15, 0.2) is 0 Å². The lowest BCUT2D eigenvalue weighted by Crippen LogP contribution is -2.36. The van der Waals surface area contributed by atoms with Crippen LogP contribution in [0.2, 0.25) is 0 Å². The van der Waals surface area contributed by atoms with Gasteiger partial charge in [0.1, 0.15) is 0 Å². The number of piperidine rings is 1. The molecule has 0 saturated carbocycles. The van der Waals surface area contributed by atoms with Crippen molar-refractivity contribution in [2.45, 2.75) is 32.7 Å². The minimum absolute atomic E-state index is 0.501. The lowest BCUT2D eigenvalue weighted by Gasteiger charge is -2.24. The average Bonchev–Trinajstić information content (AvgIpc) is 2.74. The van der Waals surface area contributed by atoms with Gasteiger partial charge >= 0.3 is 0 Å². The first-order valence-corrected chi connectivity index (χ1v) is 7.08. The smallest absolute Gasteiger partial charge is 0.0386 e. The topological polar surface area (TPSA) is 24.1 Å². The Kier molecular flexibility index (Phi) is 4.38. The first-order valence-electron chi connectivity index (χ1n) is 6.26. The summed E-state index contributed by atoms with van der Waals surface area (Å²) < 4.78 is 0. The molecule has 1 aliphatic rings. The van der Waals surface area contributed by atoms with E-state index in [0.29, 0.717) is 6.04 Å². The van der Waals surface area contributed by atoms with Gasteiger partial charge in [0.05, 0.1) is 0 Å². The molecule has 2 heterocycles. The molecule has 90 valence electrons. The largest absolute Gasteiger partial charge is 0.316 e. The summed E-state index contributed by atoms with van der Waals surface area (Å²) in [5, 5.41) is 7.12. The minimum Gasteiger partial charge on any atom is -0.316 e. The standard InChI is InChI=1S/C13H22N2S/c1-10-5-6-13(16-10)11(2)15-9-12-4-3-7-14-8-12/h5-6,11-12,14-15H,3-4,7-9H2,1-2H3. The van der Waals surface area contributed by atoms with E-state index in [1.165, 1.54) is 35.7 Å². The van der Waals surface area contributed by atoms with Gasteiger partial charge < -0.3 is 10.6 Å². The second kappa shape index (κ2) is 5.80. The molecule has 0 spiro atoms. The average molecular weight is 238 g/mol. The lowest BCUT2D eigenvalue weighted by molar-refractivity contribution is 0.349. The number of hydrogen-bond donors (Lipinski definition) is 2. The molecule has 2 atom stereocenters. The molecule has 16 heavy (non-hydrogen) atoms. The Morgan fingerprint density at radius 2 is 2.44 bits per heavy atom. The van der Waals surface area contributed by atoms with Crippen molar-refractivity contribution in [2.24, 2.45) is 5.92 Å². The summed E-state index contributed by atoms with van der Waals surface area (Å²) in [6.07, 6.45) is 2.70. The van der Waals surface area contributed by atoms with Crippen molar-refractivity contribution in [3.8, 4) is 0 Å². The summed E-state index contributed by atoms with van der Waals surface area (Å²) in [6, 6.07) is 4.96. The molecule has 2 unspecified atom stereocenters. The first-order chi connectivity index (χ1) is 7.75. The predicted octanol–water partition coefficient (Wildman–Crippen LogP) is 2.71. The van der Waals surface area contributed by atoms with Crippen LogP contribution in [0.3, 0.4) is 0 Å². The highest BCUT2D eigenvalue weighted by Crippen LogP contribution is 2.22. The SMILES string of the molecule is Cc1ccc(C(C)NCC2CCCNC2)s1. The van der Waals surface area contributed by atoms with Crippen LogP contribution in [0.25, 0.3) is 0 Å². The summed E-state index contributed by atoms with van der Waals surface area (Å²) in [7, 11) is 0. The van der Waals surface area contributed by atoms with Gasteiger partial charge in [-0.1, -0.05) is 0 Å². The zero-order valence-corrected chi connectivity index (χ0v) is 11.1. The molecule has 1 aliphatic heterocycles. The van der Waals surface area contributed by atoms with Gasteiger partial charge in [0.25, 0.3) is 0 Å². The minimum atomic E-state index is 0.501. The van der Waals surface area contributed by atoms with E-state index in [1.54, 1.807) is 0 Å². The third kappa shape index (κ3) is 3.30. The van der Waals surface area contributed by atoms with Crippen LogP contribution >= 0.6 is 11.3 Å². The van der Waals surface area contributed by atoms with Gasteiger partial charge in [-0.2, -0.15) is 0 Å². The maximum absolute atomic E-state index is 3.65. The Morgan fingerprint density at radius 1 is 1.56 bits per heavy atom. The highest BCUT2D eigenvalue weighted by atomic mass is 32.1. The molecule has 2 rings (SSSR count). The van der Waals surface area contributed by atoms with Crippen molar-refractivity contribution >= 4 is 11.3 Å². The number of thiophene rings is 1. The Bertz CT molecular complexity index is 315. The number of rotatable bonds is 4. The maximum Gasteiger partial charge on any atom is 0.0386 e. The second-order valence-electron chi connectivity index (χ2n) is 4.79. The van der Waals surface area contributed by atoms with Crippen LogP contribution < -0.4 is 10.6 Å². The van der Waals surface area contributed by atoms with Gasteiger partial charge in [0.2, 0.25) is 0 Å². The molecule has 1 saturated heterocycles. The number of nitrogens with one attached hydrogen (secondary N) is 2. The molecular weight excluding hydrogens is 216 g/mol. The van der Waals surface area contributed by atoms with Crippen LogP contribution in [0, 0.1) is 12.8 Å². The molecule has 1 aromatic rings. The van der Waals surface area contributed by atoms with Crippen molar-refractivity contribution in [3.05, 3.63) is 21.9 Å². The van der Waals surface area contributed by atoms with Gasteiger partial charge in [-0.25, -0.2) is 0 Å². The van der Waals surface area contributed by atoms with Gasteiger partial charge in [-0.05, 0) is 64.4 Å². The molecule has 1 fully saturated rings. The van der Waals surface area contributed by atoms with Crippen LogP contribution in [0.4, 0.5) is 0 Å². The lowest BCUT2D eigenvalue weighted by atomic mass is 9.99. The molecule has 2 nitrogen and oxygen atoms in total. The van der Waals surface area contributed by atoms with E-state index in [-0.39, 0.29) is 0 Å². The van der Waals surface area contributed by atoms with Crippen LogP contribution in [-0.2, 0) is 0 Å². The van der Waals surface area contributed by atoms with Crippen LogP contribution in [0.1, 0.15) is 35.6 Å². The van der Waals surface area contributed by atoms with Crippen molar-refractivity contribution in [2.75, 3.05) is 19.6 Å². The van der Waals surface area contributed by atoms with E-state index in [9.17, 15) is 0 Å². The normalized spacial score (nSPS) is 23.2. The van der Waals surface area contributed by atoms with Crippen molar-refractivity contribution in [1.82, 2.24) is 10.6 Å². The predicted molar refractivity (Wildman–Crippen MR) is 71.1 cm³/mol. The van der Waals surface area contributed by atoms with Crippen LogP contribution in [0.15, 0.2) is 12.1 Å². The summed E-state index contributed by atoms with van der Waals surface area (Å²) >= 11 is 1.90. The Balaban J connectivity index is 1.76. The van der Waals surface area contributed by atoms with E-state index < -0.39 is 0 Å². The fourth-order valence-corrected chi connectivity index (χ4v) is 3.13. The van der Waals surface area contributed by atoms with Crippen molar-refractivity contribution < 1.29 is 0 Å². The summed E-state index contributed by atoms with van der Waals surface area (Å²) in [4.78, 5) is 2.87.